The number of carbonyl (C=O) groups is 2. The van der Waals surface area contributed by atoms with Gasteiger partial charge in [0.05, 0.1) is 6.04 Å². The molecule has 1 atom stereocenters. The first-order chi connectivity index (χ1) is 11.0. The van der Waals surface area contributed by atoms with Crippen LogP contribution in [-0.4, -0.2) is 30.8 Å². The van der Waals surface area contributed by atoms with Gasteiger partial charge in [0.15, 0.2) is 5.78 Å². The highest BCUT2D eigenvalue weighted by molar-refractivity contribution is 6.30. The Labute approximate surface area is 141 Å². The molecule has 0 aliphatic heterocycles. The fraction of sp³-hybridized carbons (Fsp3) is 0.222. The highest BCUT2D eigenvalue weighted by Crippen LogP contribution is 2.21. The minimum absolute atomic E-state index is 0.0235. The summed E-state index contributed by atoms with van der Waals surface area (Å²) in [4.78, 5) is 25.9. The molecule has 120 valence electrons. The predicted molar refractivity (Wildman–Crippen MR) is 91.8 cm³/mol. The van der Waals surface area contributed by atoms with E-state index < -0.39 is 6.04 Å². The Morgan fingerprint density at radius 1 is 1.04 bits per heavy atom. The molecule has 0 heterocycles. The van der Waals surface area contributed by atoms with Gasteiger partial charge in [-0.25, -0.2) is 4.79 Å². The van der Waals surface area contributed by atoms with Crippen LogP contribution in [0, 0.1) is 0 Å². The average Bonchev–Trinajstić information content (AvgIpc) is 2.55. The fourth-order valence-electron chi connectivity index (χ4n) is 2.15. The molecule has 0 spiro atoms. The Hall–Kier alpha value is -2.33. The molecule has 5 heteroatoms. The van der Waals surface area contributed by atoms with Crippen LogP contribution in [0.3, 0.4) is 0 Å². The predicted octanol–water partition coefficient (Wildman–Crippen LogP) is 3.93. The van der Waals surface area contributed by atoms with Gasteiger partial charge in [-0.3, -0.25) is 4.79 Å². The van der Waals surface area contributed by atoms with Crippen LogP contribution in [0.25, 0.3) is 0 Å². The number of benzene rings is 2. The molecule has 0 bridgehead atoms. The number of rotatable bonds is 5. The molecule has 2 amide bonds. The first-order valence-corrected chi connectivity index (χ1v) is 7.66. The smallest absolute Gasteiger partial charge is 0.317 e. The number of urea groups is 1. The molecule has 1 unspecified atom stereocenters. The number of hydrogen-bond acceptors (Lipinski definition) is 2. The second kappa shape index (κ2) is 7.79. The monoisotopic (exact) mass is 330 g/mol. The van der Waals surface area contributed by atoms with Gasteiger partial charge < -0.3 is 10.2 Å². The number of halogens is 1. The Morgan fingerprint density at radius 2 is 1.65 bits per heavy atom. The fourth-order valence-corrected chi connectivity index (χ4v) is 2.28. The molecule has 0 radical (unpaired) electrons. The molecular formula is C18H19ClN2O2. The largest absolute Gasteiger partial charge is 0.331 e. The van der Waals surface area contributed by atoms with Crippen LogP contribution in [-0.2, 0) is 0 Å². The second-order valence-electron chi connectivity index (χ2n) is 5.44. The Balaban J connectivity index is 2.21. The van der Waals surface area contributed by atoms with Gasteiger partial charge in [-0.1, -0.05) is 54.1 Å². The van der Waals surface area contributed by atoms with Crippen LogP contribution in [0.1, 0.15) is 28.4 Å². The van der Waals surface area contributed by atoms with Crippen molar-refractivity contribution in [1.82, 2.24) is 10.2 Å². The summed E-state index contributed by atoms with van der Waals surface area (Å²) in [7, 11) is 3.32. The molecule has 2 rings (SSSR count). The lowest BCUT2D eigenvalue weighted by molar-refractivity contribution is 0.0969. The van der Waals surface area contributed by atoms with Crippen molar-refractivity contribution >= 4 is 23.4 Å². The van der Waals surface area contributed by atoms with E-state index in [0.29, 0.717) is 10.6 Å². The van der Waals surface area contributed by atoms with E-state index in [1.54, 1.807) is 38.4 Å². The number of hydrogen-bond donors (Lipinski definition) is 1. The van der Waals surface area contributed by atoms with Crippen LogP contribution >= 0.6 is 11.6 Å². The quantitative estimate of drug-likeness (QED) is 0.844. The first kappa shape index (κ1) is 17.0. The highest BCUT2D eigenvalue weighted by Gasteiger charge is 2.20. The van der Waals surface area contributed by atoms with Gasteiger partial charge in [0.1, 0.15) is 0 Å². The van der Waals surface area contributed by atoms with Gasteiger partial charge in [0.2, 0.25) is 0 Å². The molecule has 0 aliphatic carbocycles. The maximum Gasteiger partial charge on any atom is 0.317 e. The zero-order valence-corrected chi connectivity index (χ0v) is 13.9. The van der Waals surface area contributed by atoms with Gasteiger partial charge in [-0.2, -0.15) is 0 Å². The van der Waals surface area contributed by atoms with Gasteiger partial charge in [0.25, 0.3) is 0 Å². The molecular weight excluding hydrogens is 312 g/mol. The average molecular weight is 331 g/mol. The number of ketones is 1. The molecule has 0 saturated heterocycles. The lowest BCUT2D eigenvalue weighted by Gasteiger charge is -2.21. The van der Waals surface area contributed by atoms with E-state index >= 15 is 0 Å². The molecule has 0 aromatic heterocycles. The molecule has 2 aromatic rings. The minimum Gasteiger partial charge on any atom is -0.331 e. The third-order valence-corrected chi connectivity index (χ3v) is 3.71. The first-order valence-electron chi connectivity index (χ1n) is 7.29. The Morgan fingerprint density at radius 3 is 2.22 bits per heavy atom. The van der Waals surface area contributed by atoms with Crippen molar-refractivity contribution in [3.8, 4) is 0 Å². The zero-order valence-electron chi connectivity index (χ0n) is 13.1. The number of nitrogens with one attached hydrogen (secondary N) is 1. The van der Waals surface area contributed by atoms with Gasteiger partial charge >= 0.3 is 6.03 Å². The summed E-state index contributed by atoms with van der Waals surface area (Å²) in [5.74, 6) is -0.0235. The van der Waals surface area contributed by atoms with E-state index in [1.165, 1.54) is 4.90 Å². The van der Waals surface area contributed by atoms with Gasteiger partial charge in [0, 0.05) is 31.1 Å². The molecule has 4 nitrogen and oxygen atoms in total. The molecule has 0 saturated carbocycles. The maximum atomic E-state index is 12.5. The van der Waals surface area contributed by atoms with Crippen LogP contribution < -0.4 is 5.32 Å². The standard InChI is InChI=1S/C18H19ClN2O2/c1-21(2)18(23)20-16(13-8-10-15(19)11-9-13)12-17(22)14-6-4-3-5-7-14/h3-11,16H,12H2,1-2H3,(H,20,23). The van der Waals surface area contributed by atoms with E-state index in [-0.39, 0.29) is 18.2 Å². The summed E-state index contributed by atoms with van der Waals surface area (Å²) >= 11 is 5.91. The van der Waals surface area contributed by atoms with Crippen LogP contribution in [0.15, 0.2) is 54.6 Å². The molecule has 2 aromatic carbocycles. The third-order valence-electron chi connectivity index (χ3n) is 3.46. The van der Waals surface area contributed by atoms with Crippen LogP contribution in [0.5, 0.6) is 0 Å². The van der Waals surface area contributed by atoms with Crippen molar-refractivity contribution in [2.24, 2.45) is 0 Å². The van der Waals surface area contributed by atoms with Crippen molar-refractivity contribution < 1.29 is 9.59 Å². The minimum atomic E-state index is -0.408. The number of Topliss-reactive ketones (excluding diaryl/α,β-unsaturated/α-hetero) is 1. The SMILES string of the molecule is CN(C)C(=O)NC(CC(=O)c1ccccc1)c1ccc(Cl)cc1. The maximum absolute atomic E-state index is 12.5. The summed E-state index contributed by atoms with van der Waals surface area (Å²) in [6.07, 6.45) is 0.186. The van der Waals surface area contributed by atoms with E-state index in [9.17, 15) is 9.59 Å². The van der Waals surface area contributed by atoms with E-state index in [4.69, 9.17) is 11.6 Å². The van der Waals surface area contributed by atoms with Gasteiger partial charge in [-0.05, 0) is 17.7 Å². The highest BCUT2D eigenvalue weighted by atomic mass is 35.5. The topological polar surface area (TPSA) is 49.4 Å². The van der Waals surface area contributed by atoms with E-state index in [2.05, 4.69) is 5.32 Å². The zero-order chi connectivity index (χ0) is 16.8. The summed E-state index contributed by atoms with van der Waals surface area (Å²) in [6.45, 7) is 0. The lowest BCUT2D eigenvalue weighted by Crippen LogP contribution is -2.38. The molecule has 1 N–H and O–H groups in total. The summed E-state index contributed by atoms with van der Waals surface area (Å²) < 4.78 is 0. The van der Waals surface area contributed by atoms with Crippen molar-refractivity contribution in [2.45, 2.75) is 12.5 Å². The molecule has 23 heavy (non-hydrogen) atoms. The Bertz CT molecular complexity index is 669. The summed E-state index contributed by atoms with van der Waals surface area (Å²) in [6, 6.07) is 15.5. The van der Waals surface area contributed by atoms with Crippen molar-refractivity contribution in [3.05, 3.63) is 70.7 Å². The molecule has 0 aliphatic rings. The van der Waals surface area contributed by atoms with E-state index in [1.807, 2.05) is 30.3 Å². The van der Waals surface area contributed by atoms with E-state index in [0.717, 1.165) is 5.56 Å². The number of nitrogens with zero attached hydrogens (tertiary/aromatic N) is 1. The van der Waals surface area contributed by atoms with Gasteiger partial charge in [-0.15, -0.1) is 0 Å². The Kier molecular flexibility index (Phi) is 5.77. The van der Waals surface area contributed by atoms with Crippen molar-refractivity contribution in [1.29, 1.82) is 0 Å². The third kappa shape index (κ3) is 4.83. The number of carbonyl (C=O) groups excluding carboxylic acids is 2. The lowest BCUT2D eigenvalue weighted by atomic mass is 9.98. The normalized spacial score (nSPS) is 11.6. The van der Waals surface area contributed by atoms with Crippen LogP contribution in [0.4, 0.5) is 4.79 Å². The summed E-state index contributed by atoms with van der Waals surface area (Å²) in [5.41, 5.74) is 1.47. The van der Waals surface area contributed by atoms with Crippen molar-refractivity contribution in [2.75, 3.05) is 14.1 Å². The van der Waals surface area contributed by atoms with Crippen LogP contribution in [0.2, 0.25) is 5.02 Å². The number of amides is 2. The second-order valence-corrected chi connectivity index (χ2v) is 5.88. The summed E-state index contributed by atoms with van der Waals surface area (Å²) in [5, 5.41) is 3.49. The van der Waals surface area contributed by atoms with Crippen molar-refractivity contribution in [3.63, 3.8) is 0 Å². The molecule has 0 fully saturated rings.